The number of carbonyl (C=O) groups excluding carboxylic acids is 1. The lowest BCUT2D eigenvalue weighted by atomic mass is 10.1. The zero-order chi connectivity index (χ0) is 13.5. The summed E-state index contributed by atoms with van der Waals surface area (Å²) in [5, 5.41) is 6.26. The molecule has 0 radical (unpaired) electrons. The molecular weight excluding hydrogens is 240 g/mol. The number of carbonyl (C=O) groups is 1. The van der Waals surface area contributed by atoms with Gasteiger partial charge in [-0.2, -0.15) is 5.10 Å². The van der Waals surface area contributed by atoms with Gasteiger partial charge in [-0.3, -0.25) is 9.89 Å². The average molecular weight is 258 g/mol. The number of rotatable bonds is 6. The SMILES string of the molecule is CN(CCCCc1ccccc1)C(=O)c1ncn[nH]1. The van der Waals surface area contributed by atoms with Crippen molar-refractivity contribution in [1.82, 2.24) is 20.1 Å². The molecule has 0 saturated heterocycles. The van der Waals surface area contributed by atoms with E-state index in [-0.39, 0.29) is 5.91 Å². The summed E-state index contributed by atoms with van der Waals surface area (Å²) in [6, 6.07) is 10.4. The number of hydrogen-bond acceptors (Lipinski definition) is 3. The van der Waals surface area contributed by atoms with Gasteiger partial charge in [0, 0.05) is 13.6 Å². The zero-order valence-electron chi connectivity index (χ0n) is 11.0. The first kappa shape index (κ1) is 13.3. The van der Waals surface area contributed by atoms with Crippen LogP contribution in [-0.4, -0.2) is 39.6 Å². The van der Waals surface area contributed by atoms with Crippen LogP contribution in [0.5, 0.6) is 0 Å². The average Bonchev–Trinajstić information content (AvgIpc) is 2.98. The monoisotopic (exact) mass is 258 g/mol. The highest BCUT2D eigenvalue weighted by Gasteiger charge is 2.13. The van der Waals surface area contributed by atoms with Crippen LogP contribution >= 0.6 is 0 Å². The van der Waals surface area contributed by atoms with Crippen LogP contribution in [0.3, 0.4) is 0 Å². The Balaban J connectivity index is 1.70. The Labute approximate surface area is 112 Å². The maximum Gasteiger partial charge on any atom is 0.290 e. The molecule has 2 aromatic rings. The van der Waals surface area contributed by atoms with Gasteiger partial charge in [0.2, 0.25) is 5.82 Å². The van der Waals surface area contributed by atoms with Gasteiger partial charge in [0.1, 0.15) is 6.33 Å². The fraction of sp³-hybridized carbons (Fsp3) is 0.357. The minimum Gasteiger partial charge on any atom is -0.339 e. The molecule has 19 heavy (non-hydrogen) atoms. The number of nitrogens with zero attached hydrogens (tertiary/aromatic N) is 3. The van der Waals surface area contributed by atoms with Gasteiger partial charge in [-0.1, -0.05) is 30.3 Å². The van der Waals surface area contributed by atoms with Crippen molar-refractivity contribution in [2.24, 2.45) is 0 Å². The van der Waals surface area contributed by atoms with Crippen molar-refractivity contribution in [1.29, 1.82) is 0 Å². The fourth-order valence-corrected chi connectivity index (χ4v) is 1.91. The van der Waals surface area contributed by atoms with Crippen molar-refractivity contribution in [2.75, 3.05) is 13.6 Å². The molecule has 1 aromatic heterocycles. The van der Waals surface area contributed by atoms with Gasteiger partial charge in [0.15, 0.2) is 0 Å². The van der Waals surface area contributed by atoms with E-state index in [0.717, 1.165) is 25.8 Å². The third kappa shape index (κ3) is 3.91. The van der Waals surface area contributed by atoms with E-state index < -0.39 is 0 Å². The van der Waals surface area contributed by atoms with Gasteiger partial charge in [-0.05, 0) is 24.8 Å². The van der Waals surface area contributed by atoms with Crippen molar-refractivity contribution in [3.8, 4) is 0 Å². The number of unbranched alkanes of at least 4 members (excludes halogenated alkanes) is 1. The summed E-state index contributed by atoms with van der Waals surface area (Å²) in [4.78, 5) is 17.4. The second-order valence-corrected chi connectivity index (χ2v) is 4.50. The highest BCUT2D eigenvalue weighted by molar-refractivity contribution is 5.90. The van der Waals surface area contributed by atoms with E-state index in [9.17, 15) is 4.79 Å². The van der Waals surface area contributed by atoms with E-state index in [2.05, 4.69) is 39.4 Å². The molecule has 1 amide bonds. The molecule has 0 bridgehead atoms. The molecule has 0 aliphatic carbocycles. The van der Waals surface area contributed by atoms with Gasteiger partial charge >= 0.3 is 0 Å². The highest BCUT2D eigenvalue weighted by atomic mass is 16.2. The zero-order valence-corrected chi connectivity index (χ0v) is 11.0. The number of benzene rings is 1. The first-order valence-corrected chi connectivity index (χ1v) is 6.42. The van der Waals surface area contributed by atoms with Crippen molar-refractivity contribution in [3.05, 3.63) is 48.0 Å². The first-order chi connectivity index (χ1) is 9.27. The van der Waals surface area contributed by atoms with E-state index in [0.29, 0.717) is 5.82 Å². The molecule has 0 unspecified atom stereocenters. The number of aryl methyl sites for hydroxylation is 1. The largest absolute Gasteiger partial charge is 0.339 e. The number of amides is 1. The Hall–Kier alpha value is -2.17. The number of nitrogens with one attached hydrogen (secondary N) is 1. The number of aromatic nitrogens is 3. The molecule has 1 aromatic carbocycles. The van der Waals surface area contributed by atoms with Gasteiger partial charge < -0.3 is 4.90 Å². The minimum atomic E-state index is -0.114. The molecule has 5 heteroatoms. The van der Waals surface area contributed by atoms with Gasteiger partial charge in [0.25, 0.3) is 5.91 Å². The maximum absolute atomic E-state index is 11.9. The van der Waals surface area contributed by atoms with Crippen LogP contribution in [0.15, 0.2) is 36.7 Å². The van der Waals surface area contributed by atoms with E-state index >= 15 is 0 Å². The summed E-state index contributed by atoms with van der Waals surface area (Å²) in [6.45, 7) is 0.729. The molecular formula is C14H18N4O. The number of aromatic amines is 1. The van der Waals surface area contributed by atoms with Gasteiger partial charge in [0.05, 0.1) is 0 Å². The number of hydrogen-bond donors (Lipinski definition) is 1. The molecule has 2 rings (SSSR count). The normalized spacial score (nSPS) is 10.4. The Morgan fingerprint density at radius 1 is 1.26 bits per heavy atom. The van der Waals surface area contributed by atoms with E-state index in [4.69, 9.17) is 0 Å². The summed E-state index contributed by atoms with van der Waals surface area (Å²) < 4.78 is 0. The summed E-state index contributed by atoms with van der Waals surface area (Å²) in [7, 11) is 1.79. The lowest BCUT2D eigenvalue weighted by Gasteiger charge is -2.15. The minimum absolute atomic E-state index is 0.114. The molecule has 0 spiro atoms. The molecule has 0 atom stereocenters. The predicted molar refractivity (Wildman–Crippen MR) is 72.7 cm³/mol. The highest BCUT2D eigenvalue weighted by Crippen LogP contribution is 2.05. The smallest absolute Gasteiger partial charge is 0.290 e. The third-order valence-corrected chi connectivity index (χ3v) is 3.02. The summed E-state index contributed by atoms with van der Waals surface area (Å²) in [6.07, 6.45) is 4.44. The third-order valence-electron chi connectivity index (χ3n) is 3.02. The quantitative estimate of drug-likeness (QED) is 0.805. The van der Waals surface area contributed by atoms with Crippen LogP contribution in [0.4, 0.5) is 0 Å². The molecule has 5 nitrogen and oxygen atoms in total. The first-order valence-electron chi connectivity index (χ1n) is 6.42. The molecule has 0 aliphatic heterocycles. The van der Waals surface area contributed by atoms with Crippen molar-refractivity contribution >= 4 is 5.91 Å². The van der Waals surface area contributed by atoms with Crippen LogP contribution in [0.2, 0.25) is 0 Å². The van der Waals surface area contributed by atoms with Gasteiger partial charge in [-0.15, -0.1) is 0 Å². The number of H-pyrrole nitrogens is 1. The van der Waals surface area contributed by atoms with E-state index in [1.54, 1.807) is 11.9 Å². The predicted octanol–water partition coefficient (Wildman–Crippen LogP) is 1.90. The fourth-order valence-electron chi connectivity index (χ4n) is 1.91. The topological polar surface area (TPSA) is 61.9 Å². The van der Waals surface area contributed by atoms with Gasteiger partial charge in [-0.25, -0.2) is 4.98 Å². The molecule has 100 valence electrons. The lowest BCUT2D eigenvalue weighted by molar-refractivity contribution is 0.0781. The van der Waals surface area contributed by atoms with Crippen LogP contribution in [0.25, 0.3) is 0 Å². The lowest BCUT2D eigenvalue weighted by Crippen LogP contribution is -2.28. The summed E-state index contributed by atoms with van der Waals surface area (Å²) >= 11 is 0. The molecule has 0 aliphatic rings. The molecule has 0 saturated carbocycles. The molecule has 1 heterocycles. The van der Waals surface area contributed by atoms with E-state index in [1.807, 2.05) is 6.07 Å². The maximum atomic E-state index is 11.9. The molecule has 0 fully saturated rings. The Bertz CT molecular complexity index is 495. The van der Waals surface area contributed by atoms with Crippen LogP contribution in [0.1, 0.15) is 29.0 Å². The van der Waals surface area contributed by atoms with Crippen molar-refractivity contribution < 1.29 is 4.79 Å². The Morgan fingerprint density at radius 2 is 2.05 bits per heavy atom. The van der Waals surface area contributed by atoms with Crippen LogP contribution < -0.4 is 0 Å². The summed E-state index contributed by atoms with van der Waals surface area (Å²) in [5.41, 5.74) is 1.34. The Kier molecular flexibility index (Phi) is 4.66. The Morgan fingerprint density at radius 3 is 2.74 bits per heavy atom. The van der Waals surface area contributed by atoms with Crippen LogP contribution in [-0.2, 0) is 6.42 Å². The second kappa shape index (κ2) is 6.68. The second-order valence-electron chi connectivity index (χ2n) is 4.50. The molecule has 1 N–H and O–H groups in total. The standard InChI is InChI=1S/C14H18N4O/c1-18(14(19)13-15-11-16-17-13)10-6-5-9-12-7-3-2-4-8-12/h2-4,7-8,11H,5-6,9-10H2,1H3,(H,15,16,17). The van der Waals surface area contributed by atoms with Crippen molar-refractivity contribution in [2.45, 2.75) is 19.3 Å². The van der Waals surface area contributed by atoms with Crippen LogP contribution in [0, 0.1) is 0 Å². The summed E-state index contributed by atoms with van der Waals surface area (Å²) in [5.74, 6) is 0.183. The van der Waals surface area contributed by atoms with E-state index in [1.165, 1.54) is 11.9 Å². The van der Waals surface area contributed by atoms with Crippen molar-refractivity contribution in [3.63, 3.8) is 0 Å².